The van der Waals surface area contributed by atoms with Crippen LogP contribution in [-0.2, 0) is 22.4 Å². The number of rotatable bonds is 17. The molecule has 4 rings (SSSR count). The lowest BCUT2D eigenvalue weighted by molar-refractivity contribution is -0.139. The zero-order valence-electron chi connectivity index (χ0n) is 26.8. The highest BCUT2D eigenvalue weighted by Crippen LogP contribution is 2.19. The van der Waals surface area contributed by atoms with Crippen molar-refractivity contribution in [2.24, 2.45) is 0 Å². The molecule has 4 N–H and O–H groups in total. The van der Waals surface area contributed by atoms with E-state index in [-0.39, 0.29) is 30.1 Å². The predicted molar refractivity (Wildman–Crippen MR) is 182 cm³/mol. The fraction of sp³-hybridized carbons (Fsp3) is 0.263. The predicted octanol–water partition coefficient (Wildman–Crippen LogP) is 6.57. The SMILES string of the molecule is CCCCCCCOc1ccc(C(=O)Oc2ccc(C[C@H](NC(=O)c3ccc(NC(=O)Cc4cccc(O)c4)cc3)C(=O)O)cc2)cc1. The van der Waals surface area contributed by atoms with Gasteiger partial charge in [0.25, 0.3) is 5.91 Å². The van der Waals surface area contributed by atoms with Crippen LogP contribution in [0.1, 0.15) is 70.9 Å². The van der Waals surface area contributed by atoms with Crippen LogP contribution in [0.2, 0.25) is 0 Å². The number of phenols is 1. The number of carbonyl (C=O) groups excluding carboxylic acids is 3. The Balaban J connectivity index is 1.24. The molecule has 0 saturated heterocycles. The number of hydrogen-bond acceptors (Lipinski definition) is 7. The Morgan fingerprint density at radius 2 is 1.42 bits per heavy atom. The fourth-order valence-electron chi connectivity index (χ4n) is 4.88. The van der Waals surface area contributed by atoms with E-state index in [9.17, 15) is 29.4 Å². The lowest BCUT2D eigenvalue weighted by Gasteiger charge is -2.15. The number of aromatic hydroxyl groups is 1. The van der Waals surface area contributed by atoms with Gasteiger partial charge in [-0.15, -0.1) is 0 Å². The van der Waals surface area contributed by atoms with Crippen LogP contribution >= 0.6 is 0 Å². The standard InChI is InChI=1S/C38H40N2O8/c1-2-3-4-5-6-22-47-32-20-14-29(15-21-32)38(46)48-33-18-10-26(11-19-33)24-34(37(44)45)40-36(43)28-12-16-30(17-13-28)39-35(42)25-27-8-7-9-31(41)23-27/h7-21,23,34,41H,2-6,22,24-25H2,1H3,(H,39,42)(H,40,43)(H,44,45)/t34-/m0/s1. The van der Waals surface area contributed by atoms with Gasteiger partial charge in [0.15, 0.2) is 0 Å². The average Bonchev–Trinajstić information content (AvgIpc) is 3.07. The number of hydrogen-bond donors (Lipinski definition) is 4. The molecule has 0 unspecified atom stereocenters. The summed E-state index contributed by atoms with van der Waals surface area (Å²) < 4.78 is 11.2. The van der Waals surface area contributed by atoms with Crippen molar-refractivity contribution < 1.29 is 38.9 Å². The van der Waals surface area contributed by atoms with Crippen LogP contribution in [0.4, 0.5) is 5.69 Å². The van der Waals surface area contributed by atoms with Gasteiger partial charge in [-0.25, -0.2) is 9.59 Å². The Morgan fingerprint density at radius 1 is 0.750 bits per heavy atom. The van der Waals surface area contributed by atoms with Gasteiger partial charge in [0.2, 0.25) is 5.91 Å². The molecule has 4 aromatic carbocycles. The van der Waals surface area contributed by atoms with Crippen LogP contribution in [-0.4, -0.2) is 46.6 Å². The molecular weight excluding hydrogens is 612 g/mol. The number of unbranched alkanes of at least 4 members (excludes halogenated alkanes) is 4. The molecule has 0 aliphatic rings. The zero-order valence-corrected chi connectivity index (χ0v) is 26.8. The van der Waals surface area contributed by atoms with E-state index in [4.69, 9.17) is 9.47 Å². The molecule has 0 fully saturated rings. The Bertz CT molecular complexity index is 1670. The molecule has 48 heavy (non-hydrogen) atoms. The van der Waals surface area contributed by atoms with Gasteiger partial charge in [-0.05, 0) is 90.3 Å². The van der Waals surface area contributed by atoms with E-state index >= 15 is 0 Å². The summed E-state index contributed by atoms with van der Waals surface area (Å²) in [5, 5.41) is 24.6. The summed E-state index contributed by atoms with van der Waals surface area (Å²) in [6.07, 6.45) is 5.80. The van der Waals surface area contributed by atoms with E-state index in [1.54, 1.807) is 72.8 Å². The van der Waals surface area contributed by atoms with Gasteiger partial charge in [0, 0.05) is 17.7 Å². The van der Waals surface area contributed by atoms with Crippen LogP contribution in [0, 0.1) is 0 Å². The molecule has 0 radical (unpaired) electrons. The van der Waals surface area contributed by atoms with E-state index in [0.717, 1.165) is 12.8 Å². The minimum Gasteiger partial charge on any atom is -0.508 e. The lowest BCUT2D eigenvalue weighted by Crippen LogP contribution is -2.42. The molecule has 4 aromatic rings. The number of carboxylic acid groups (broad SMARTS) is 1. The zero-order chi connectivity index (χ0) is 34.3. The Kier molecular flexibility index (Phi) is 13.1. The quantitative estimate of drug-likeness (QED) is 0.0568. The van der Waals surface area contributed by atoms with Gasteiger partial charge < -0.3 is 30.3 Å². The number of benzene rings is 4. The second kappa shape index (κ2) is 17.9. The van der Waals surface area contributed by atoms with Crippen molar-refractivity contribution in [1.29, 1.82) is 0 Å². The van der Waals surface area contributed by atoms with Gasteiger partial charge in [0.1, 0.15) is 23.3 Å². The number of carbonyl (C=O) groups is 4. The van der Waals surface area contributed by atoms with Crippen molar-refractivity contribution in [3.63, 3.8) is 0 Å². The normalized spacial score (nSPS) is 11.3. The monoisotopic (exact) mass is 652 g/mol. The number of ether oxygens (including phenoxy) is 2. The summed E-state index contributed by atoms with van der Waals surface area (Å²) in [6, 6.07) is 24.4. The second-order valence-electron chi connectivity index (χ2n) is 11.4. The Hall–Kier alpha value is -5.64. The van der Waals surface area contributed by atoms with Gasteiger partial charge in [-0.1, -0.05) is 56.9 Å². The first-order valence-electron chi connectivity index (χ1n) is 16.0. The van der Waals surface area contributed by atoms with E-state index in [0.29, 0.717) is 40.5 Å². The Morgan fingerprint density at radius 3 is 2.08 bits per heavy atom. The molecule has 1 atom stereocenters. The third kappa shape index (κ3) is 11.3. The van der Waals surface area contributed by atoms with Crippen LogP contribution < -0.4 is 20.1 Å². The van der Waals surface area contributed by atoms with Crippen LogP contribution in [0.25, 0.3) is 0 Å². The summed E-state index contributed by atoms with van der Waals surface area (Å²) >= 11 is 0. The van der Waals surface area contributed by atoms with Gasteiger partial charge in [0.05, 0.1) is 18.6 Å². The van der Waals surface area contributed by atoms with Gasteiger partial charge in [-0.3, -0.25) is 9.59 Å². The molecule has 0 bridgehead atoms. The topological polar surface area (TPSA) is 151 Å². The van der Waals surface area contributed by atoms with E-state index in [2.05, 4.69) is 17.6 Å². The summed E-state index contributed by atoms with van der Waals surface area (Å²) in [5.41, 5.74) is 2.31. The van der Waals surface area contributed by atoms with Crippen molar-refractivity contribution in [3.05, 3.63) is 119 Å². The maximum absolute atomic E-state index is 12.8. The Labute approximate surface area is 279 Å². The second-order valence-corrected chi connectivity index (χ2v) is 11.4. The average molecular weight is 653 g/mol. The van der Waals surface area contributed by atoms with Crippen molar-refractivity contribution in [2.75, 3.05) is 11.9 Å². The number of carboxylic acids is 1. The first kappa shape index (κ1) is 35.2. The minimum atomic E-state index is -1.22. The van der Waals surface area contributed by atoms with Crippen molar-refractivity contribution in [1.82, 2.24) is 5.32 Å². The largest absolute Gasteiger partial charge is 0.508 e. The van der Waals surface area contributed by atoms with Crippen molar-refractivity contribution in [2.45, 2.75) is 57.9 Å². The molecule has 0 aliphatic carbocycles. The lowest BCUT2D eigenvalue weighted by atomic mass is 10.0. The highest BCUT2D eigenvalue weighted by atomic mass is 16.5. The first-order valence-corrected chi connectivity index (χ1v) is 16.0. The number of esters is 1. The van der Waals surface area contributed by atoms with Crippen molar-refractivity contribution in [3.8, 4) is 17.2 Å². The fourth-order valence-corrected chi connectivity index (χ4v) is 4.88. The molecule has 2 amide bonds. The maximum Gasteiger partial charge on any atom is 0.343 e. The van der Waals surface area contributed by atoms with E-state index < -0.39 is 23.9 Å². The smallest absolute Gasteiger partial charge is 0.343 e. The molecule has 0 aliphatic heterocycles. The molecule has 10 heteroatoms. The van der Waals surface area contributed by atoms with Crippen LogP contribution in [0.5, 0.6) is 17.2 Å². The number of amides is 2. The summed E-state index contributed by atoms with van der Waals surface area (Å²) in [7, 11) is 0. The van der Waals surface area contributed by atoms with Crippen LogP contribution in [0.15, 0.2) is 97.1 Å². The summed E-state index contributed by atoms with van der Waals surface area (Å²) in [5.74, 6) is -1.58. The van der Waals surface area contributed by atoms with Crippen LogP contribution in [0.3, 0.4) is 0 Å². The summed E-state index contributed by atoms with van der Waals surface area (Å²) in [6.45, 7) is 2.81. The number of phenolic OH excluding ortho intramolecular Hbond substituents is 1. The maximum atomic E-state index is 12.8. The molecular formula is C38H40N2O8. The van der Waals surface area contributed by atoms with Gasteiger partial charge >= 0.3 is 11.9 Å². The third-order valence-electron chi connectivity index (χ3n) is 7.49. The third-order valence-corrected chi connectivity index (χ3v) is 7.49. The van der Waals surface area contributed by atoms with E-state index in [1.165, 1.54) is 43.5 Å². The number of anilines is 1. The molecule has 0 aromatic heterocycles. The van der Waals surface area contributed by atoms with E-state index in [1.807, 2.05) is 0 Å². The van der Waals surface area contributed by atoms with Gasteiger partial charge in [-0.2, -0.15) is 0 Å². The molecule has 0 spiro atoms. The molecule has 0 saturated carbocycles. The highest BCUT2D eigenvalue weighted by Gasteiger charge is 2.21. The number of nitrogens with one attached hydrogen (secondary N) is 2. The number of aliphatic carboxylic acids is 1. The minimum absolute atomic E-state index is 0.00144. The van der Waals surface area contributed by atoms with Crippen molar-refractivity contribution >= 4 is 29.4 Å². The molecule has 0 heterocycles. The molecule has 250 valence electrons. The molecule has 10 nitrogen and oxygen atoms in total. The first-order chi connectivity index (χ1) is 23.2. The highest BCUT2D eigenvalue weighted by molar-refractivity contribution is 5.98. The summed E-state index contributed by atoms with van der Waals surface area (Å²) in [4.78, 5) is 49.8.